The van der Waals surface area contributed by atoms with Gasteiger partial charge in [-0.3, -0.25) is 10.5 Å². The lowest BCUT2D eigenvalue weighted by Crippen LogP contribution is -2.11. The fraction of sp³-hybridized carbons (Fsp3) is 0.500. The van der Waals surface area contributed by atoms with Crippen molar-refractivity contribution >= 4 is 0 Å². The number of rotatable bonds is 6. The van der Waals surface area contributed by atoms with Crippen LogP contribution in [-0.4, -0.2) is 22.7 Å². The van der Waals surface area contributed by atoms with Crippen molar-refractivity contribution in [1.82, 2.24) is 0 Å². The summed E-state index contributed by atoms with van der Waals surface area (Å²) in [4.78, 5) is 8.46. The van der Waals surface area contributed by atoms with Gasteiger partial charge in [-0.2, -0.15) is 0 Å². The second-order valence-corrected chi connectivity index (χ2v) is 4.06. The van der Waals surface area contributed by atoms with Gasteiger partial charge in [0.05, 0.1) is 12.2 Å². The molecule has 1 aromatic carbocycles. The van der Waals surface area contributed by atoms with Gasteiger partial charge in [0.25, 0.3) is 0 Å². The normalized spacial score (nSPS) is 14.8. The molecule has 0 amide bonds. The van der Waals surface area contributed by atoms with E-state index >= 15 is 0 Å². The molecule has 4 heteroatoms. The Bertz CT molecular complexity index is 286. The lowest BCUT2D eigenvalue weighted by atomic mass is 10.0. The van der Waals surface area contributed by atoms with Crippen LogP contribution in [0.25, 0.3) is 0 Å². The minimum atomic E-state index is -0.221. The van der Waals surface area contributed by atoms with Crippen LogP contribution in [0.2, 0.25) is 0 Å². The molecular weight excluding hydrogens is 208 g/mol. The van der Waals surface area contributed by atoms with Crippen LogP contribution in [0.3, 0.4) is 0 Å². The second kappa shape index (κ2) is 6.60. The molecule has 2 atom stereocenters. The Hall–Kier alpha value is -0.940. The first-order chi connectivity index (χ1) is 7.65. The predicted octanol–water partition coefficient (Wildman–Crippen LogP) is 2.53. The molecule has 0 aliphatic rings. The van der Waals surface area contributed by atoms with Crippen molar-refractivity contribution in [3.05, 3.63) is 35.4 Å². The fourth-order valence-corrected chi connectivity index (χ4v) is 1.62. The van der Waals surface area contributed by atoms with Crippen LogP contribution in [0.1, 0.15) is 25.0 Å². The van der Waals surface area contributed by atoms with E-state index in [9.17, 15) is 0 Å². The molecule has 0 bridgehead atoms. The van der Waals surface area contributed by atoms with E-state index in [1.165, 1.54) is 0 Å². The Morgan fingerprint density at radius 2 is 1.44 bits per heavy atom. The molecule has 0 aliphatic carbocycles. The quantitative estimate of drug-likeness (QED) is 0.578. The topological polar surface area (TPSA) is 58.9 Å². The zero-order valence-electron chi connectivity index (χ0n) is 9.59. The molecular formula is C12H18O4. The third kappa shape index (κ3) is 4.28. The molecule has 1 rings (SSSR count). The molecule has 4 nitrogen and oxygen atoms in total. The summed E-state index contributed by atoms with van der Waals surface area (Å²) in [7, 11) is 0. The van der Waals surface area contributed by atoms with Gasteiger partial charge in [-0.1, -0.05) is 24.3 Å². The smallest absolute Gasteiger partial charge is 0.0939 e. The van der Waals surface area contributed by atoms with Crippen molar-refractivity contribution in [3.8, 4) is 0 Å². The largest absolute Gasteiger partial charge is 0.252 e. The Morgan fingerprint density at radius 3 is 1.81 bits per heavy atom. The van der Waals surface area contributed by atoms with E-state index in [0.29, 0.717) is 12.8 Å². The third-order valence-corrected chi connectivity index (χ3v) is 2.40. The average molecular weight is 226 g/mol. The van der Waals surface area contributed by atoms with Gasteiger partial charge in [0.2, 0.25) is 0 Å². The van der Waals surface area contributed by atoms with E-state index in [-0.39, 0.29) is 12.2 Å². The van der Waals surface area contributed by atoms with Gasteiger partial charge in [0.15, 0.2) is 0 Å². The highest BCUT2D eigenvalue weighted by Crippen LogP contribution is 2.11. The molecule has 0 fully saturated rings. The fourth-order valence-electron chi connectivity index (χ4n) is 1.62. The molecule has 0 aliphatic heterocycles. The van der Waals surface area contributed by atoms with Crippen molar-refractivity contribution in [2.24, 2.45) is 0 Å². The summed E-state index contributed by atoms with van der Waals surface area (Å²) < 4.78 is 0. The van der Waals surface area contributed by atoms with E-state index in [1.807, 2.05) is 24.3 Å². The Morgan fingerprint density at radius 1 is 1.00 bits per heavy atom. The lowest BCUT2D eigenvalue weighted by Gasteiger charge is -2.10. The van der Waals surface area contributed by atoms with Crippen LogP contribution in [0.4, 0.5) is 0 Å². The minimum Gasteiger partial charge on any atom is -0.252 e. The van der Waals surface area contributed by atoms with Gasteiger partial charge in [0, 0.05) is 12.8 Å². The molecule has 0 aromatic heterocycles. The highest BCUT2D eigenvalue weighted by Gasteiger charge is 2.06. The minimum absolute atomic E-state index is 0.221. The Labute approximate surface area is 95.3 Å². The maximum atomic E-state index is 8.50. The van der Waals surface area contributed by atoms with Crippen LogP contribution < -0.4 is 0 Å². The first-order valence-corrected chi connectivity index (χ1v) is 5.34. The van der Waals surface area contributed by atoms with Gasteiger partial charge in [-0.05, 0) is 25.0 Å². The van der Waals surface area contributed by atoms with Crippen LogP contribution in [-0.2, 0) is 22.6 Å². The Kier molecular flexibility index (Phi) is 5.42. The van der Waals surface area contributed by atoms with Gasteiger partial charge < -0.3 is 0 Å². The monoisotopic (exact) mass is 226 g/mol. The highest BCUT2D eigenvalue weighted by atomic mass is 17.1. The summed E-state index contributed by atoms with van der Waals surface area (Å²) in [5.41, 5.74) is 2.17. The highest BCUT2D eigenvalue weighted by molar-refractivity contribution is 5.24. The number of hydrogen-bond donors (Lipinski definition) is 2. The van der Waals surface area contributed by atoms with Crippen molar-refractivity contribution in [1.29, 1.82) is 0 Å². The summed E-state index contributed by atoms with van der Waals surface area (Å²) >= 11 is 0. The summed E-state index contributed by atoms with van der Waals surface area (Å²) in [6.07, 6.45) is 0.862. The van der Waals surface area contributed by atoms with Gasteiger partial charge in [-0.25, -0.2) is 9.78 Å². The predicted molar refractivity (Wildman–Crippen MR) is 60.2 cm³/mol. The van der Waals surface area contributed by atoms with Gasteiger partial charge in [-0.15, -0.1) is 0 Å². The standard InChI is InChI=1S/C12H18O4/c1-9(15-13)6-11-4-3-5-12(8-11)7-10(2)16-14/h3-5,8-10,13-14H,6-7H2,1-2H3. The van der Waals surface area contributed by atoms with Gasteiger partial charge in [0.1, 0.15) is 0 Å². The van der Waals surface area contributed by atoms with Crippen molar-refractivity contribution in [3.63, 3.8) is 0 Å². The molecule has 0 spiro atoms. The maximum Gasteiger partial charge on any atom is 0.0939 e. The number of hydrogen-bond acceptors (Lipinski definition) is 4. The zero-order chi connectivity index (χ0) is 12.0. The molecule has 90 valence electrons. The van der Waals surface area contributed by atoms with Crippen LogP contribution in [0.5, 0.6) is 0 Å². The molecule has 0 heterocycles. The average Bonchev–Trinajstić information content (AvgIpc) is 2.29. The molecule has 0 saturated heterocycles. The first-order valence-electron chi connectivity index (χ1n) is 5.34. The summed E-state index contributed by atoms with van der Waals surface area (Å²) in [6, 6.07) is 7.91. The molecule has 16 heavy (non-hydrogen) atoms. The lowest BCUT2D eigenvalue weighted by molar-refractivity contribution is -0.273. The Balaban J connectivity index is 2.63. The van der Waals surface area contributed by atoms with Crippen molar-refractivity contribution in [2.45, 2.75) is 38.9 Å². The van der Waals surface area contributed by atoms with Crippen molar-refractivity contribution in [2.75, 3.05) is 0 Å². The third-order valence-electron chi connectivity index (χ3n) is 2.40. The number of benzene rings is 1. The summed E-state index contributed by atoms with van der Waals surface area (Å²) in [5.74, 6) is 0. The first kappa shape index (κ1) is 13.1. The SMILES string of the molecule is CC(Cc1cccc(CC(C)OO)c1)OO. The van der Waals surface area contributed by atoms with Crippen LogP contribution >= 0.6 is 0 Å². The van der Waals surface area contributed by atoms with E-state index in [4.69, 9.17) is 10.5 Å². The molecule has 0 radical (unpaired) electrons. The van der Waals surface area contributed by atoms with E-state index in [0.717, 1.165) is 11.1 Å². The molecule has 2 N–H and O–H groups in total. The molecule has 1 aromatic rings. The maximum absolute atomic E-state index is 8.50. The van der Waals surface area contributed by atoms with Gasteiger partial charge >= 0.3 is 0 Å². The summed E-state index contributed by atoms with van der Waals surface area (Å²) in [6.45, 7) is 3.60. The van der Waals surface area contributed by atoms with Crippen LogP contribution in [0, 0.1) is 0 Å². The van der Waals surface area contributed by atoms with Crippen LogP contribution in [0.15, 0.2) is 24.3 Å². The molecule has 2 unspecified atom stereocenters. The van der Waals surface area contributed by atoms with E-state index in [1.54, 1.807) is 13.8 Å². The van der Waals surface area contributed by atoms with E-state index in [2.05, 4.69) is 9.78 Å². The zero-order valence-corrected chi connectivity index (χ0v) is 9.59. The molecule has 0 saturated carbocycles. The van der Waals surface area contributed by atoms with Crippen molar-refractivity contribution < 1.29 is 20.3 Å². The van der Waals surface area contributed by atoms with E-state index < -0.39 is 0 Å². The second-order valence-electron chi connectivity index (χ2n) is 4.06. The summed E-state index contributed by atoms with van der Waals surface area (Å²) in [5, 5.41) is 17.0.